The highest BCUT2D eigenvalue weighted by Gasteiger charge is 2.43. The number of benzene rings is 1. The van der Waals surface area contributed by atoms with Gasteiger partial charge in [-0.1, -0.05) is 30.3 Å². The zero-order valence-corrected chi connectivity index (χ0v) is 15.8. The minimum Gasteiger partial charge on any atom is -0.345 e. The van der Waals surface area contributed by atoms with Crippen LogP contribution in [0.15, 0.2) is 42.7 Å². The van der Waals surface area contributed by atoms with Gasteiger partial charge in [0.2, 0.25) is 0 Å². The number of nitrogens with zero attached hydrogens (tertiary/aromatic N) is 4. The lowest BCUT2D eigenvalue weighted by Crippen LogP contribution is -2.45. The molecule has 1 spiro atoms. The Labute approximate surface area is 159 Å². The highest BCUT2D eigenvalue weighted by Crippen LogP contribution is 2.44. The Morgan fingerprint density at radius 2 is 2.00 bits per heavy atom. The van der Waals surface area contributed by atoms with Gasteiger partial charge in [-0.2, -0.15) is 0 Å². The summed E-state index contributed by atoms with van der Waals surface area (Å²) in [7, 11) is 0. The van der Waals surface area contributed by atoms with Crippen LogP contribution in [0.3, 0.4) is 0 Å². The molecule has 5 nitrogen and oxygen atoms in total. The molecule has 3 heterocycles. The first-order valence-electron chi connectivity index (χ1n) is 9.87. The molecule has 1 aliphatic carbocycles. The summed E-state index contributed by atoms with van der Waals surface area (Å²) in [5.41, 5.74) is 5.02. The van der Waals surface area contributed by atoms with E-state index in [1.54, 1.807) is 0 Å². The summed E-state index contributed by atoms with van der Waals surface area (Å²) in [5, 5.41) is 0. The molecule has 0 saturated carbocycles. The maximum Gasteiger partial charge on any atom is 0.159 e. The second-order valence-electron chi connectivity index (χ2n) is 8.04. The third-order valence-corrected chi connectivity index (χ3v) is 6.06. The van der Waals surface area contributed by atoms with Gasteiger partial charge in [0, 0.05) is 35.6 Å². The van der Waals surface area contributed by atoms with Gasteiger partial charge < -0.3 is 4.98 Å². The number of aromatic nitrogens is 4. The summed E-state index contributed by atoms with van der Waals surface area (Å²) in [4.78, 5) is 20.1. The number of piperidine rings is 1. The fraction of sp³-hybridized carbons (Fsp3) is 0.409. The molecular formula is C22H25N5. The van der Waals surface area contributed by atoms with Crippen LogP contribution in [0.25, 0.3) is 11.4 Å². The van der Waals surface area contributed by atoms with Crippen molar-refractivity contribution in [3.8, 4) is 11.4 Å². The molecule has 1 aromatic carbocycles. The lowest BCUT2D eigenvalue weighted by Gasteiger charge is -2.40. The van der Waals surface area contributed by atoms with Crippen LogP contribution in [0.5, 0.6) is 0 Å². The number of fused-ring (bicyclic) bond motifs is 2. The van der Waals surface area contributed by atoms with Gasteiger partial charge in [0.1, 0.15) is 5.82 Å². The summed E-state index contributed by atoms with van der Waals surface area (Å²) in [6, 6.07) is 10.3. The van der Waals surface area contributed by atoms with Crippen LogP contribution in [0, 0.1) is 6.92 Å². The van der Waals surface area contributed by atoms with E-state index in [1.807, 2.05) is 12.3 Å². The molecule has 1 atom stereocenters. The number of hydrogen-bond donors (Lipinski definition) is 1. The topological polar surface area (TPSA) is 57.7 Å². The Bertz CT molecular complexity index is 944. The maximum absolute atomic E-state index is 5.08. The average Bonchev–Trinajstić information content (AvgIpc) is 3.26. The first-order chi connectivity index (χ1) is 13.2. The first-order valence-corrected chi connectivity index (χ1v) is 9.87. The molecule has 0 bridgehead atoms. The van der Waals surface area contributed by atoms with Gasteiger partial charge in [-0.15, -0.1) is 0 Å². The van der Waals surface area contributed by atoms with Gasteiger partial charge in [0.25, 0.3) is 0 Å². The molecule has 1 saturated heterocycles. The molecule has 5 rings (SSSR count). The maximum atomic E-state index is 5.08. The number of likely N-dealkylation sites (tertiary alicyclic amines) is 1. The van der Waals surface area contributed by atoms with Crippen molar-refractivity contribution in [2.45, 2.75) is 44.6 Å². The Balaban J connectivity index is 1.44. The van der Waals surface area contributed by atoms with Crippen molar-refractivity contribution in [1.82, 2.24) is 24.8 Å². The molecule has 5 heteroatoms. The second kappa shape index (κ2) is 6.57. The average molecular weight is 359 g/mol. The van der Waals surface area contributed by atoms with Crippen LogP contribution in [0.1, 0.15) is 42.0 Å². The van der Waals surface area contributed by atoms with Crippen molar-refractivity contribution in [2.24, 2.45) is 0 Å². The van der Waals surface area contributed by atoms with Crippen LogP contribution < -0.4 is 0 Å². The number of nitrogens with one attached hydrogen (secondary N) is 1. The molecular weight excluding hydrogens is 334 g/mol. The SMILES string of the molecule is Cc1cnc(CN2CCCC3(CCc4cnc(-c5ccccc5)nc43)C2)[nH]1. The molecule has 2 aromatic heterocycles. The van der Waals surface area contributed by atoms with E-state index in [2.05, 4.69) is 57.2 Å². The van der Waals surface area contributed by atoms with E-state index in [0.29, 0.717) is 0 Å². The van der Waals surface area contributed by atoms with E-state index >= 15 is 0 Å². The minimum atomic E-state index is 0.168. The van der Waals surface area contributed by atoms with Crippen molar-refractivity contribution < 1.29 is 0 Å². The van der Waals surface area contributed by atoms with Gasteiger partial charge in [-0.3, -0.25) is 4.90 Å². The van der Waals surface area contributed by atoms with Crippen LogP contribution >= 0.6 is 0 Å². The van der Waals surface area contributed by atoms with Gasteiger partial charge in [-0.05, 0) is 44.7 Å². The van der Waals surface area contributed by atoms with E-state index in [-0.39, 0.29) is 5.41 Å². The molecule has 0 radical (unpaired) electrons. The Hall–Kier alpha value is -2.53. The molecule has 1 fully saturated rings. The molecule has 138 valence electrons. The predicted molar refractivity (Wildman–Crippen MR) is 105 cm³/mol. The van der Waals surface area contributed by atoms with Crippen LogP contribution in [-0.2, 0) is 18.4 Å². The van der Waals surface area contributed by atoms with Crippen molar-refractivity contribution >= 4 is 0 Å². The second-order valence-corrected chi connectivity index (χ2v) is 8.04. The Kier molecular flexibility index (Phi) is 4.05. The van der Waals surface area contributed by atoms with E-state index in [0.717, 1.165) is 49.0 Å². The molecule has 3 aromatic rings. The first kappa shape index (κ1) is 16.6. The van der Waals surface area contributed by atoms with Gasteiger partial charge in [-0.25, -0.2) is 15.0 Å². The van der Waals surface area contributed by atoms with Crippen LogP contribution in [-0.4, -0.2) is 37.9 Å². The lowest BCUT2D eigenvalue weighted by atomic mass is 9.77. The third-order valence-electron chi connectivity index (χ3n) is 6.06. The van der Waals surface area contributed by atoms with Crippen LogP contribution in [0.2, 0.25) is 0 Å². The van der Waals surface area contributed by atoms with Crippen molar-refractivity contribution in [1.29, 1.82) is 0 Å². The number of H-pyrrole nitrogens is 1. The number of aryl methyl sites for hydroxylation is 2. The molecule has 0 amide bonds. The fourth-order valence-electron chi connectivity index (χ4n) is 4.79. The largest absolute Gasteiger partial charge is 0.345 e. The van der Waals surface area contributed by atoms with E-state index in [9.17, 15) is 0 Å². The minimum absolute atomic E-state index is 0.168. The quantitative estimate of drug-likeness (QED) is 0.775. The summed E-state index contributed by atoms with van der Waals surface area (Å²) in [6.07, 6.45) is 8.69. The molecule has 1 unspecified atom stereocenters. The monoisotopic (exact) mass is 359 g/mol. The molecule has 1 N–H and O–H groups in total. The Morgan fingerprint density at radius 3 is 2.81 bits per heavy atom. The van der Waals surface area contributed by atoms with E-state index in [1.165, 1.54) is 30.5 Å². The van der Waals surface area contributed by atoms with Gasteiger partial charge in [0.15, 0.2) is 5.82 Å². The number of hydrogen-bond acceptors (Lipinski definition) is 4. The Morgan fingerprint density at radius 1 is 1.11 bits per heavy atom. The van der Waals surface area contributed by atoms with E-state index in [4.69, 9.17) is 4.98 Å². The van der Waals surface area contributed by atoms with Gasteiger partial charge in [0.05, 0.1) is 12.2 Å². The standard InChI is InChI=1S/C22H25N5/c1-16-12-23-19(25-16)14-27-11-5-9-22(15-27)10-8-18-13-24-21(26-20(18)22)17-6-3-2-4-7-17/h2-4,6-7,12-13H,5,8-11,14-15H2,1H3,(H,23,25). The molecule has 2 aliphatic rings. The smallest absolute Gasteiger partial charge is 0.159 e. The summed E-state index contributed by atoms with van der Waals surface area (Å²) >= 11 is 0. The predicted octanol–water partition coefficient (Wildman–Crippen LogP) is 3.66. The molecule has 1 aliphatic heterocycles. The summed E-state index contributed by atoms with van der Waals surface area (Å²) in [5.74, 6) is 1.92. The summed E-state index contributed by atoms with van der Waals surface area (Å²) in [6.45, 7) is 5.14. The number of aromatic amines is 1. The third kappa shape index (κ3) is 3.06. The number of rotatable bonds is 3. The van der Waals surface area contributed by atoms with Crippen molar-refractivity contribution in [2.75, 3.05) is 13.1 Å². The molecule has 27 heavy (non-hydrogen) atoms. The lowest BCUT2D eigenvalue weighted by molar-refractivity contribution is 0.134. The zero-order valence-electron chi connectivity index (χ0n) is 15.8. The highest BCUT2D eigenvalue weighted by molar-refractivity contribution is 5.55. The van der Waals surface area contributed by atoms with Crippen molar-refractivity contribution in [3.63, 3.8) is 0 Å². The highest BCUT2D eigenvalue weighted by atomic mass is 15.2. The van der Waals surface area contributed by atoms with Crippen LogP contribution in [0.4, 0.5) is 0 Å². The van der Waals surface area contributed by atoms with Gasteiger partial charge >= 0.3 is 0 Å². The normalized spacial score (nSPS) is 22.3. The number of imidazole rings is 1. The zero-order chi connectivity index (χ0) is 18.3. The van der Waals surface area contributed by atoms with E-state index < -0.39 is 0 Å². The van der Waals surface area contributed by atoms with Crippen molar-refractivity contribution in [3.05, 3.63) is 65.5 Å². The fourth-order valence-corrected chi connectivity index (χ4v) is 4.79. The summed E-state index contributed by atoms with van der Waals surface area (Å²) < 4.78 is 0.